The molecular formula is C17H16Cl3N3. The van der Waals surface area contributed by atoms with Crippen molar-refractivity contribution in [3.63, 3.8) is 0 Å². The third-order valence-corrected chi connectivity index (χ3v) is 4.87. The van der Waals surface area contributed by atoms with Gasteiger partial charge in [-0.15, -0.1) is 0 Å². The molecule has 0 aliphatic carbocycles. The van der Waals surface area contributed by atoms with Gasteiger partial charge >= 0.3 is 0 Å². The minimum absolute atomic E-state index is 0.0180. The highest BCUT2D eigenvalue weighted by molar-refractivity contribution is 6.36. The van der Waals surface area contributed by atoms with E-state index in [9.17, 15) is 0 Å². The molecule has 0 saturated heterocycles. The summed E-state index contributed by atoms with van der Waals surface area (Å²) >= 11 is 18.4. The molecule has 0 radical (unpaired) electrons. The van der Waals surface area contributed by atoms with Crippen LogP contribution in [-0.4, -0.2) is 12.3 Å². The summed E-state index contributed by atoms with van der Waals surface area (Å²) in [6.45, 7) is 2.53. The summed E-state index contributed by atoms with van der Waals surface area (Å²) in [7, 11) is 0. The predicted octanol–water partition coefficient (Wildman–Crippen LogP) is 5.16. The number of hydrogen-bond acceptors (Lipinski definition) is 3. The zero-order valence-corrected chi connectivity index (χ0v) is 14.8. The Balaban J connectivity index is 2.07. The third-order valence-electron chi connectivity index (χ3n) is 4.08. The largest absolute Gasteiger partial charge is 0.325 e. The summed E-state index contributed by atoms with van der Waals surface area (Å²) in [5.74, 6) is 0.174. The van der Waals surface area contributed by atoms with E-state index in [1.54, 1.807) is 6.07 Å². The maximum Gasteiger partial charge on any atom is 0.0854 e. The normalized spacial score (nSPS) is 20.7. The van der Waals surface area contributed by atoms with Crippen LogP contribution in [0.2, 0.25) is 15.1 Å². The Morgan fingerprint density at radius 3 is 2.30 bits per heavy atom. The fraction of sp³-hybridized carbons (Fsp3) is 0.235. The lowest BCUT2D eigenvalue weighted by Crippen LogP contribution is -2.25. The standard InChI is InChI=1S/C17H16Cl3N3/c1-10-15(9-21)22-23(16-7-6-13(19)8-14(16)20)17(10)11-2-4-12(18)5-3-11/h2-8,10,17H,9,21H2,1H3/t10-,17-/m1/s1. The van der Waals surface area contributed by atoms with Gasteiger partial charge in [0.15, 0.2) is 0 Å². The number of nitrogens with two attached hydrogens (primary N) is 1. The predicted molar refractivity (Wildman–Crippen MR) is 98.8 cm³/mol. The molecule has 2 aromatic rings. The number of rotatable bonds is 3. The molecule has 0 saturated carbocycles. The van der Waals surface area contributed by atoms with Gasteiger partial charge in [-0.05, 0) is 35.9 Å². The first kappa shape index (κ1) is 16.6. The van der Waals surface area contributed by atoms with Crippen LogP contribution in [0.5, 0.6) is 0 Å². The molecular weight excluding hydrogens is 353 g/mol. The number of hydrogen-bond donors (Lipinski definition) is 1. The summed E-state index contributed by atoms with van der Waals surface area (Å²) in [4.78, 5) is 0. The first-order valence-corrected chi connectivity index (χ1v) is 8.42. The Labute approximate surface area is 150 Å². The maximum atomic E-state index is 6.38. The van der Waals surface area contributed by atoms with Crippen molar-refractivity contribution in [2.45, 2.75) is 13.0 Å². The van der Waals surface area contributed by atoms with Gasteiger partial charge in [0.05, 0.1) is 22.5 Å². The first-order chi connectivity index (χ1) is 11.0. The molecule has 0 bridgehead atoms. The van der Waals surface area contributed by atoms with E-state index in [1.807, 2.05) is 41.4 Å². The highest BCUT2D eigenvalue weighted by Gasteiger charge is 2.36. The minimum atomic E-state index is 0.0180. The second kappa shape index (κ2) is 6.70. The number of hydrazone groups is 1. The van der Waals surface area contributed by atoms with Crippen molar-refractivity contribution < 1.29 is 0 Å². The van der Waals surface area contributed by atoms with Gasteiger partial charge in [0, 0.05) is 22.5 Å². The van der Waals surface area contributed by atoms with Crippen LogP contribution in [0, 0.1) is 5.92 Å². The van der Waals surface area contributed by atoms with Crippen molar-refractivity contribution in [3.05, 3.63) is 63.1 Å². The summed E-state index contributed by atoms with van der Waals surface area (Å²) in [6, 6.07) is 13.2. The Morgan fingerprint density at radius 1 is 1.04 bits per heavy atom. The third kappa shape index (κ3) is 3.20. The van der Waals surface area contributed by atoms with Crippen LogP contribution >= 0.6 is 34.8 Å². The number of nitrogens with zero attached hydrogens (tertiary/aromatic N) is 2. The lowest BCUT2D eigenvalue weighted by atomic mass is 9.91. The second-order valence-electron chi connectivity index (χ2n) is 5.52. The molecule has 2 aromatic carbocycles. The molecule has 1 aliphatic heterocycles. The molecule has 23 heavy (non-hydrogen) atoms. The quantitative estimate of drug-likeness (QED) is 0.813. The fourth-order valence-electron chi connectivity index (χ4n) is 2.87. The molecule has 0 spiro atoms. The van der Waals surface area contributed by atoms with Crippen molar-refractivity contribution in [3.8, 4) is 0 Å². The minimum Gasteiger partial charge on any atom is -0.325 e. The van der Waals surface area contributed by atoms with Gasteiger partial charge in [-0.3, -0.25) is 5.01 Å². The average Bonchev–Trinajstić information content (AvgIpc) is 2.85. The second-order valence-corrected chi connectivity index (χ2v) is 6.80. The van der Waals surface area contributed by atoms with Crippen LogP contribution in [-0.2, 0) is 0 Å². The van der Waals surface area contributed by atoms with E-state index in [1.165, 1.54) is 0 Å². The van der Waals surface area contributed by atoms with Gasteiger partial charge < -0.3 is 5.73 Å². The van der Waals surface area contributed by atoms with E-state index in [2.05, 4.69) is 6.92 Å². The molecule has 6 heteroatoms. The molecule has 0 aromatic heterocycles. The number of halogens is 3. The van der Waals surface area contributed by atoms with Crippen LogP contribution in [0.25, 0.3) is 0 Å². The van der Waals surface area contributed by atoms with Gasteiger partial charge in [-0.25, -0.2) is 0 Å². The summed E-state index contributed by atoms with van der Waals surface area (Å²) in [5.41, 5.74) is 8.72. The van der Waals surface area contributed by atoms with Crippen LogP contribution in [0.1, 0.15) is 18.5 Å². The van der Waals surface area contributed by atoms with E-state index in [0.717, 1.165) is 17.0 Å². The molecule has 2 N–H and O–H groups in total. The molecule has 1 aliphatic rings. The van der Waals surface area contributed by atoms with E-state index < -0.39 is 0 Å². The van der Waals surface area contributed by atoms with Crippen molar-refractivity contribution in [2.24, 2.45) is 16.8 Å². The number of anilines is 1. The highest BCUT2D eigenvalue weighted by Crippen LogP contribution is 2.42. The Hall–Kier alpha value is -1.26. The molecule has 120 valence electrons. The van der Waals surface area contributed by atoms with Crippen molar-refractivity contribution in [1.29, 1.82) is 0 Å². The highest BCUT2D eigenvalue weighted by atomic mass is 35.5. The molecule has 0 fully saturated rings. The van der Waals surface area contributed by atoms with Crippen LogP contribution in [0.3, 0.4) is 0 Å². The molecule has 3 nitrogen and oxygen atoms in total. The van der Waals surface area contributed by atoms with Crippen LogP contribution < -0.4 is 10.7 Å². The summed E-state index contributed by atoms with van der Waals surface area (Å²) < 4.78 is 0. The number of benzene rings is 2. The lowest BCUT2D eigenvalue weighted by Gasteiger charge is -2.27. The van der Waals surface area contributed by atoms with Gasteiger partial charge in [0.1, 0.15) is 0 Å². The SMILES string of the molecule is C[C@@H]1C(CN)=NN(c2ccc(Cl)cc2Cl)[C@H]1c1ccc(Cl)cc1. The molecule has 2 atom stereocenters. The van der Waals surface area contributed by atoms with Gasteiger partial charge in [0.2, 0.25) is 0 Å². The zero-order valence-electron chi connectivity index (χ0n) is 12.5. The van der Waals surface area contributed by atoms with E-state index >= 15 is 0 Å². The molecule has 3 rings (SSSR count). The molecule has 1 heterocycles. The Morgan fingerprint density at radius 2 is 1.70 bits per heavy atom. The van der Waals surface area contributed by atoms with Gasteiger partial charge in [-0.1, -0.05) is 53.9 Å². The van der Waals surface area contributed by atoms with Crippen molar-refractivity contribution >= 4 is 46.2 Å². The van der Waals surface area contributed by atoms with Crippen molar-refractivity contribution in [1.82, 2.24) is 0 Å². The van der Waals surface area contributed by atoms with Crippen LogP contribution in [0.15, 0.2) is 47.6 Å². The maximum absolute atomic E-state index is 6.38. The average molecular weight is 369 g/mol. The molecule has 0 amide bonds. The van der Waals surface area contributed by atoms with E-state index in [0.29, 0.717) is 21.6 Å². The Bertz CT molecular complexity index is 743. The Kier molecular flexibility index (Phi) is 4.83. The fourth-order valence-corrected chi connectivity index (χ4v) is 3.49. The summed E-state index contributed by atoms with van der Waals surface area (Å²) in [5, 5.41) is 8.48. The van der Waals surface area contributed by atoms with Crippen LogP contribution in [0.4, 0.5) is 5.69 Å². The van der Waals surface area contributed by atoms with E-state index in [-0.39, 0.29) is 12.0 Å². The van der Waals surface area contributed by atoms with Crippen molar-refractivity contribution in [2.75, 3.05) is 11.6 Å². The zero-order chi connectivity index (χ0) is 16.6. The molecule has 0 unspecified atom stereocenters. The van der Waals surface area contributed by atoms with E-state index in [4.69, 9.17) is 45.6 Å². The smallest absolute Gasteiger partial charge is 0.0854 e. The first-order valence-electron chi connectivity index (χ1n) is 7.28. The van der Waals surface area contributed by atoms with Gasteiger partial charge in [0.25, 0.3) is 0 Å². The van der Waals surface area contributed by atoms with Gasteiger partial charge in [-0.2, -0.15) is 5.10 Å². The lowest BCUT2D eigenvalue weighted by molar-refractivity contribution is 0.586. The monoisotopic (exact) mass is 367 g/mol. The topological polar surface area (TPSA) is 41.6 Å². The summed E-state index contributed by atoms with van der Waals surface area (Å²) in [6.07, 6.45) is 0.